The molecule has 0 aromatic carbocycles. The zero-order valence-corrected chi connectivity index (χ0v) is 8.96. The Bertz CT molecular complexity index is 651. The van der Waals surface area contributed by atoms with Crippen LogP contribution in [0.4, 0.5) is 0 Å². The zero-order chi connectivity index (χ0) is 10.5. The number of rotatable bonds is 0. The van der Waals surface area contributed by atoms with Crippen LogP contribution in [0.1, 0.15) is 17.5 Å². The summed E-state index contributed by atoms with van der Waals surface area (Å²) in [7, 11) is 0. The second kappa shape index (κ2) is 2.85. The summed E-state index contributed by atoms with van der Waals surface area (Å²) in [5, 5.41) is 1.33. The van der Waals surface area contributed by atoms with E-state index < -0.39 is 0 Å². The smallest absolute Gasteiger partial charge is 0.0945 e. The lowest BCUT2D eigenvalue weighted by molar-refractivity contribution is 0.801. The molecule has 2 heterocycles. The molecule has 0 amide bonds. The third-order valence-corrected chi connectivity index (χ3v) is 3.63. The van der Waals surface area contributed by atoms with Crippen LogP contribution in [0.2, 0.25) is 0 Å². The fourth-order valence-electron chi connectivity index (χ4n) is 2.98. The van der Waals surface area contributed by atoms with Crippen molar-refractivity contribution in [1.82, 2.24) is 9.97 Å². The molecule has 2 aliphatic carbocycles. The number of aromatic amines is 1. The van der Waals surface area contributed by atoms with Crippen LogP contribution in [0.15, 0.2) is 30.6 Å². The lowest BCUT2D eigenvalue weighted by Gasteiger charge is -2.15. The Hall–Kier alpha value is -1.83. The average Bonchev–Trinajstić information content (AvgIpc) is 2.68. The molecule has 1 aromatic heterocycles. The lowest BCUT2D eigenvalue weighted by atomic mass is 9.91. The van der Waals surface area contributed by atoms with Crippen molar-refractivity contribution < 1.29 is 0 Å². The zero-order valence-electron chi connectivity index (χ0n) is 8.96. The molecule has 0 bridgehead atoms. The molecular formula is C14H12N2. The van der Waals surface area contributed by atoms with E-state index in [2.05, 4.69) is 22.1 Å². The summed E-state index contributed by atoms with van der Waals surface area (Å²) in [6, 6.07) is 6.44. The van der Waals surface area contributed by atoms with E-state index in [0.717, 1.165) is 5.52 Å². The highest BCUT2D eigenvalue weighted by molar-refractivity contribution is 6.02. The van der Waals surface area contributed by atoms with Gasteiger partial charge < -0.3 is 4.98 Å². The summed E-state index contributed by atoms with van der Waals surface area (Å²) in [5.41, 5.74) is 6.77. The number of pyridine rings is 2. The fraction of sp³-hybridized carbons (Fsp3) is 0.214. The fourth-order valence-corrected chi connectivity index (χ4v) is 2.98. The maximum Gasteiger partial charge on any atom is 0.0945 e. The van der Waals surface area contributed by atoms with E-state index in [0.29, 0.717) is 0 Å². The third-order valence-electron chi connectivity index (χ3n) is 3.63. The first kappa shape index (κ1) is 8.34. The normalized spacial score (nSPS) is 14.8. The minimum Gasteiger partial charge on any atom is -0.359 e. The Morgan fingerprint density at radius 1 is 1.19 bits per heavy atom. The molecule has 2 heteroatoms. The molecule has 0 atom stereocenters. The number of nitrogens with zero attached hydrogens (tertiary/aromatic N) is 1. The van der Waals surface area contributed by atoms with Gasteiger partial charge in [0.25, 0.3) is 0 Å². The molecule has 0 saturated carbocycles. The monoisotopic (exact) mass is 208 g/mol. The van der Waals surface area contributed by atoms with Gasteiger partial charge >= 0.3 is 0 Å². The van der Waals surface area contributed by atoms with Crippen LogP contribution in [0.3, 0.4) is 0 Å². The van der Waals surface area contributed by atoms with Crippen LogP contribution in [-0.4, -0.2) is 9.97 Å². The molecule has 1 N–H and O–H groups in total. The molecular weight excluding hydrogens is 196 g/mol. The Balaban J connectivity index is 2.29. The van der Waals surface area contributed by atoms with Crippen molar-refractivity contribution in [3.63, 3.8) is 0 Å². The topological polar surface area (TPSA) is 28.7 Å². The second-order valence-corrected chi connectivity index (χ2v) is 4.48. The molecule has 0 radical (unpaired) electrons. The molecule has 0 fully saturated rings. The van der Waals surface area contributed by atoms with Gasteiger partial charge in [-0.05, 0) is 42.5 Å². The molecule has 16 heavy (non-hydrogen) atoms. The van der Waals surface area contributed by atoms with Gasteiger partial charge in [-0.3, -0.25) is 4.98 Å². The molecule has 0 spiro atoms. The van der Waals surface area contributed by atoms with Gasteiger partial charge in [0, 0.05) is 23.3 Å². The molecule has 1 aromatic rings. The van der Waals surface area contributed by atoms with Gasteiger partial charge in [0.1, 0.15) is 0 Å². The van der Waals surface area contributed by atoms with E-state index in [4.69, 9.17) is 0 Å². The number of hydrogen-bond acceptors (Lipinski definition) is 1. The SMILES string of the molecule is c1cnc2c3[nH]ccc4c-3c(c2c1)CCC4. The largest absolute Gasteiger partial charge is 0.359 e. The average molecular weight is 208 g/mol. The molecule has 0 saturated heterocycles. The lowest BCUT2D eigenvalue weighted by Crippen LogP contribution is -2.01. The molecule has 0 unspecified atom stereocenters. The first-order chi connectivity index (χ1) is 7.95. The van der Waals surface area contributed by atoms with Crippen LogP contribution in [0.5, 0.6) is 0 Å². The van der Waals surface area contributed by atoms with Crippen molar-refractivity contribution in [2.45, 2.75) is 19.3 Å². The first-order valence-electron chi connectivity index (χ1n) is 5.80. The highest BCUT2D eigenvalue weighted by Crippen LogP contribution is 2.41. The van der Waals surface area contributed by atoms with E-state index in [-0.39, 0.29) is 0 Å². The van der Waals surface area contributed by atoms with Gasteiger partial charge in [0.15, 0.2) is 0 Å². The maximum atomic E-state index is 4.52. The summed E-state index contributed by atoms with van der Waals surface area (Å²) >= 11 is 0. The number of hydrogen-bond donors (Lipinski definition) is 1. The van der Waals surface area contributed by atoms with Crippen LogP contribution in [-0.2, 0) is 12.8 Å². The van der Waals surface area contributed by atoms with E-state index in [1.807, 2.05) is 18.5 Å². The van der Waals surface area contributed by atoms with E-state index in [1.165, 1.54) is 47.0 Å². The summed E-state index contributed by atoms with van der Waals surface area (Å²) < 4.78 is 0. The Morgan fingerprint density at radius 3 is 3.19 bits per heavy atom. The minimum atomic E-state index is 1.14. The van der Waals surface area contributed by atoms with Crippen molar-refractivity contribution in [3.8, 4) is 11.3 Å². The maximum absolute atomic E-state index is 4.52. The van der Waals surface area contributed by atoms with Crippen LogP contribution in [0, 0.1) is 0 Å². The Kier molecular flexibility index (Phi) is 1.48. The number of nitrogens with one attached hydrogen (secondary N) is 1. The predicted molar refractivity (Wildman–Crippen MR) is 64.7 cm³/mol. The minimum absolute atomic E-state index is 1.14. The van der Waals surface area contributed by atoms with Crippen molar-refractivity contribution in [2.75, 3.05) is 0 Å². The quantitative estimate of drug-likeness (QED) is 0.604. The highest BCUT2D eigenvalue weighted by Gasteiger charge is 2.24. The van der Waals surface area contributed by atoms with Crippen molar-refractivity contribution >= 4 is 10.9 Å². The van der Waals surface area contributed by atoms with Gasteiger partial charge in [-0.15, -0.1) is 0 Å². The van der Waals surface area contributed by atoms with Gasteiger partial charge in [0.2, 0.25) is 0 Å². The number of aromatic nitrogens is 2. The van der Waals surface area contributed by atoms with Crippen LogP contribution in [0.25, 0.3) is 22.2 Å². The Morgan fingerprint density at radius 2 is 2.19 bits per heavy atom. The van der Waals surface area contributed by atoms with E-state index in [9.17, 15) is 0 Å². The molecule has 2 nitrogen and oxygen atoms in total. The van der Waals surface area contributed by atoms with E-state index in [1.54, 1.807) is 0 Å². The van der Waals surface area contributed by atoms with Crippen LogP contribution < -0.4 is 0 Å². The van der Waals surface area contributed by atoms with Crippen molar-refractivity contribution in [2.24, 2.45) is 0 Å². The van der Waals surface area contributed by atoms with Crippen molar-refractivity contribution in [1.29, 1.82) is 0 Å². The summed E-state index contributed by atoms with van der Waals surface area (Å²) in [5.74, 6) is 0. The second-order valence-electron chi connectivity index (χ2n) is 4.48. The van der Waals surface area contributed by atoms with Crippen molar-refractivity contribution in [3.05, 3.63) is 41.7 Å². The van der Waals surface area contributed by atoms with Gasteiger partial charge in [0.05, 0.1) is 11.2 Å². The summed E-state index contributed by atoms with van der Waals surface area (Å²) in [6.45, 7) is 0. The standard InChI is InChI=1S/C14H12N2/c1-3-9-6-8-16-14-12(9)10(4-1)11-5-2-7-15-13(11)14/h2,5-8,16H,1,3-4H2. The molecule has 3 aliphatic rings. The van der Waals surface area contributed by atoms with Gasteiger partial charge in [-0.25, -0.2) is 0 Å². The molecule has 78 valence electrons. The highest BCUT2D eigenvalue weighted by atomic mass is 14.8. The van der Waals surface area contributed by atoms with E-state index >= 15 is 0 Å². The predicted octanol–water partition coefficient (Wildman–Crippen LogP) is 3.16. The van der Waals surface area contributed by atoms with Crippen LogP contribution >= 0.6 is 0 Å². The number of fused-ring (bicyclic) bond motifs is 3. The molecule has 1 aliphatic heterocycles. The number of H-pyrrole nitrogens is 1. The summed E-state index contributed by atoms with van der Waals surface area (Å²) in [4.78, 5) is 7.88. The molecule has 4 rings (SSSR count). The first-order valence-corrected chi connectivity index (χ1v) is 5.80. The van der Waals surface area contributed by atoms with Gasteiger partial charge in [-0.2, -0.15) is 0 Å². The Labute approximate surface area is 93.7 Å². The summed E-state index contributed by atoms with van der Waals surface area (Å²) in [6.07, 6.45) is 7.58. The number of aryl methyl sites for hydroxylation is 2. The third kappa shape index (κ3) is 0.896. The van der Waals surface area contributed by atoms with Gasteiger partial charge in [-0.1, -0.05) is 6.07 Å².